The van der Waals surface area contributed by atoms with Crippen LogP contribution in [0.2, 0.25) is 0 Å². The highest BCUT2D eigenvalue weighted by molar-refractivity contribution is 9.10. The molecule has 1 heterocycles. The molecule has 0 fully saturated rings. The van der Waals surface area contributed by atoms with E-state index in [1.165, 1.54) is 0 Å². The monoisotopic (exact) mass is 290 g/mol. The van der Waals surface area contributed by atoms with Crippen molar-refractivity contribution in [3.8, 4) is 0 Å². The number of rotatable bonds is 3. The van der Waals surface area contributed by atoms with Crippen molar-refractivity contribution in [1.29, 1.82) is 0 Å². The van der Waals surface area contributed by atoms with Crippen LogP contribution in [0.4, 0.5) is 5.69 Å². The van der Waals surface area contributed by atoms with Gasteiger partial charge in [0.25, 0.3) is 0 Å². The Kier molecular flexibility index (Phi) is 3.79. The van der Waals surface area contributed by atoms with Crippen LogP contribution >= 0.6 is 15.9 Å². The van der Waals surface area contributed by atoms with E-state index in [2.05, 4.69) is 57.8 Å². The summed E-state index contributed by atoms with van der Waals surface area (Å²) in [6, 6.07) is 10.5. The van der Waals surface area contributed by atoms with Gasteiger partial charge in [0.15, 0.2) is 0 Å². The van der Waals surface area contributed by atoms with E-state index in [-0.39, 0.29) is 0 Å². The van der Waals surface area contributed by atoms with Crippen molar-refractivity contribution in [1.82, 2.24) is 4.57 Å². The van der Waals surface area contributed by atoms with E-state index in [1.807, 2.05) is 30.5 Å². The van der Waals surface area contributed by atoms with Crippen LogP contribution < -0.4 is 0 Å². The van der Waals surface area contributed by atoms with Gasteiger partial charge in [-0.15, -0.1) is 0 Å². The molecule has 1 aromatic carbocycles. The highest BCUT2D eigenvalue weighted by Gasteiger charge is 1.97. The number of halogens is 1. The first-order valence-electron chi connectivity index (χ1n) is 5.62. The Morgan fingerprint density at radius 3 is 2.47 bits per heavy atom. The van der Waals surface area contributed by atoms with Crippen LogP contribution in [0.1, 0.15) is 25.5 Å². The molecule has 0 aliphatic carbocycles. The molecule has 0 aliphatic heterocycles. The number of aliphatic imine (C=N–C) groups is 1. The number of benzene rings is 1. The van der Waals surface area contributed by atoms with Crippen molar-refractivity contribution in [2.24, 2.45) is 4.99 Å². The van der Waals surface area contributed by atoms with Crippen molar-refractivity contribution in [2.75, 3.05) is 0 Å². The lowest BCUT2D eigenvalue weighted by Gasteiger charge is -2.04. The van der Waals surface area contributed by atoms with Crippen molar-refractivity contribution in [3.63, 3.8) is 0 Å². The summed E-state index contributed by atoms with van der Waals surface area (Å²) in [5.41, 5.74) is 2.09. The molecule has 17 heavy (non-hydrogen) atoms. The van der Waals surface area contributed by atoms with Crippen LogP contribution in [-0.2, 0) is 0 Å². The summed E-state index contributed by atoms with van der Waals surface area (Å²) in [6.45, 7) is 4.32. The molecular weight excluding hydrogens is 276 g/mol. The zero-order valence-electron chi connectivity index (χ0n) is 9.97. The Hall–Kier alpha value is -1.35. The number of hydrogen-bond donors (Lipinski definition) is 0. The second-order valence-electron chi connectivity index (χ2n) is 4.22. The Labute approximate surface area is 110 Å². The van der Waals surface area contributed by atoms with Crippen LogP contribution in [0.25, 0.3) is 0 Å². The zero-order chi connectivity index (χ0) is 12.3. The molecule has 0 spiro atoms. The van der Waals surface area contributed by atoms with Gasteiger partial charge in [-0.3, -0.25) is 4.99 Å². The number of nitrogens with zero attached hydrogens (tertiary/aromatic N) is 2. The van der Waals surface area contributed by atoms with E-state index in [1.54, 1.807) is 0 Å². The van der Waals surface area contributed by atoms with E-state index < -0.39 is 0 Å². The smallest absolute Gasteiger partial charge is 0.0630 e. The lowest BCUT2D eigenvalue weighted by Crippen LogP contribution is -1.95. The second-order valence-corrected chi connectivity index (χ2v) is 5.14. The minimum absolute atomic E-state index is 0.491. The highest BCUT2D eigenvalue weighted by atomic mass is 79.9. The fraction of sp³-hybridized carbons (Fsp3) is 0.214. The third kappa shape index (κ3) is 3.30. The van der Waals surface area contributed by atoms with Crippen molar-refractivity contribution in [3.05, 3.63) is 52.8 Å². The van der Waals surface area contributed by atoms with Gasteiger partial charge in [0.05, 0.1) is 5.69 Å². The van der Waals surface area contributed by atoms with Gasteiger partial charge in [-0.2, -0.15) is 0 Å². The molecule has 3 heteroatoms. The minimum Gasteiger partial charge on any atom is -0.351 e. The third-order valence-corrected chi connectivity index (χ3v) is 3.05. The first-order valence-corrected chi connectivity index (χ1v) is 6.41. The molecule has 2 aromatic rings. The SMILES string of the molecule is CC(C)n1ccc(C=Nc2ccc(Br)cc2)c1. The van der Waals surface area contributed by atoms with Gasteiger partial charge in [-0.05, 0) is 44.2 Å². The summed E-state index contributed by atoms with van der Waals surface area (Å²) >= 11 is 3.41. The molecule has 0 saturated heterocycles. The Morgan fingerprint density at radius 2 is 1.88 bits per heavy atom. The van der Waals surface area contributed by atoms with Crippen molar-refractivity contribution >= 4 is 27.8 Å². The third-order valence-electron chi connectivity index (χ3n) is 2.52. The van der Waals surface area contributed by atoms with Gasteiger partial charge in [0.1, 0.15) is 0 Å². The Balaban J connectivity index is 2.11. The molecular formula is C14H15BrN2. The summed E-state index contributed by atoms with van der Waals surface area (Å²) in [5, 5.41) is 0. The summed E-state index contributed by atoms with van der Waals surface area (Å²) < 4.78 is 3.24. The average molecular weight is 291 g/mol. The fourth-order valence-corrected chi connectivity index (χ4v) is 1.77. The lowest BCUT2D eigenvalue weighted by molar-refractivity contribution is 0.603. The molecule has 0 N–H and O–H groups in total. The average Bonchev–Trinajstić information content (AvgIpc) is 2.77. The normalized spacial score (nSPS) is 11.5. The van der Waals surface area contributed by atoms with Gasteiger partial charge in [0.2, 0.25) is 0 Å². The molecule has 88 valence electrons. The molecule has 2 rings (SSSR count). The lowest BCUT2D eigenvalue weighted by atomic mass is 10.3. The van der Waals surface area contributed by atoms with Gasteiger partial charge >= 0.3 is 0 Å². The summed E-state index contributed by atoms with van der Waals surface area (Å²) in [4.78, 5) is 4.43. The molecule has 1 aromatic heterocycles. The van der Waals surface area contributed by atoms with Crippen LogP contribution in [-0.4, -0.2) is 10.8 Å². The largest absolute Gasteiger partial charge is 0.351 e. The van der Waals surface area contributed by atoms with E-state index in [4.69, 9.17) is 0 Å². The van der Waals surface area contributed by atoms with Gasteiger partial charge in [0, 0.05) is 34.7 Å². The summed E-state index contributed by atoms with van der Waals surface area (Å²) in [7, 11) is 0. The standard InChI is InChI=1S/C14H15BrN2/c1-11(2)17-8-7-12(10-17)9-16-14-5-3-13(15)4-6-14/h3-11H,1-2H3. The molecule has 0 unspecified atom stereocenters. The molecule has 0 amide bonds. The number of hydrogen-bond acceptors (Lipinski definition) is 1. The zero-order valence-corrected chi connectivity index (χ0v) is 11.6. The Bertz CT molecular complexity index is 509. The molecule has 0 radical (unpaired) electrons. The Morgan fingerprint density at radius 1 is 1.18 bits per heavy atom. The topological polar surface area (TPSA) is 17.3 Å². The maximum atomic E-state index is 4.43. The summed E-state index contributed by atoms with van der Waals surface area (Å²) in [5.74, 6) is 0. The van der Waals surface area contributed by atoms with Gasteiger partial charge in [-0.25, -0.2) is 0 Å². The molecule has 0 saturated carbocycles. The predicted octanol–water partition coefficient (Wildman–Crippen LogP) is 4.58. The molecule has 2 nitrogen and oxygen atoms in total. The van der Waals surface area contributed by atoms with E-state index in [0.717, 1.165) is 15.7 Å². The summed E-state index contributed by atoms with van der Waals surface area (Å²) in [6.07, 6.45) is 6.07. The van der Waals surface area contributed by atoms with Crippen LogP contribution in [0, 0.1) is 0 Å². The van der Waals surface area contributed by atoms with Crippen molar-refractivity contribution in [2.45, 2.75) is 19.9 Å². The maximum Gasteiger partial charge on any atom is 0.0630 e. The van der Waals surface area contributed by atoms with E-state index in [9.17, 15) is 0 Å². The van der Waals surface area contributed by atoms with E-state index in [0.29, 0.717) is 6.04 Å². The minimum atomic E-state index is 0.491. The van der Waals surface area contributed by atoms with Crippen LogP contribution in [0.5, 0.6) is 0 Å². The predicted molar refractivity (Wildman–Crippen MR) is 76.2 cm³/mol. The number of aromatic nitrogens is 1. The fourth-order valence-electron chi connectivity index (χ4n) is 1.50. The van der Waals surface area contributed by atoms with Crippen LogP contribution in [0.15, 0.2) is 52.2 Å². The quantitative estimate of drug-likeness (QED) is 0.736. The molecule has 0 atom stereocenters. The molecule has 0 aliphatic rings. The van der Waals surface area contributed by atoms with Gasteiger partial charge < -0.3 is 4.57 Å². The highest BCUT2D eigenvalue weighted by Crippen LogP contribution is 2.17. The molecule has 0 bridgehead atoms. The van der Waals surface area contributed by atoms with E-state index >= 15 is 0 Å². The maximum absolute atomic E-state index is 4.43. The first kappa shape index (κ1) is 12.1. The van der Waals surface area contributed by atoms with Crippen molar-refractivity contribution < 1.29 is 0 Å². The second kappa shape index (κ2) is 5.32. The van der Waals surface area contributed by atoms with Gasteiger partial charge in [-0.1, -0.05) is 15.9 Å². The first-order chi connectivity index (χ1) is 8.15. The van der Waals surface area contributed by atoms with Crippen LogP contribution in [0.3, 0.4) is 0 Å².